The number of carbonyl (C=O) groups is 2. The Morgan fingerprint density at radius 2 is 1.83 bits per heavy atom. The van der Waals surface area contributed by atoms with Crippen molar-refractivity contribution in [3.05, 3.63) is 54.6 Å². The van der Waals surface area contributed by atoms with E-state index in [0.717, 1.165) is 0 Å². The number of nitrogens with zero attached hydrogens (tertiary/aromatic N) is 2. The van der Waals surface area contributed by atoms with Crippen molar-refractivity contribution in [2.45, 2.75) is 23.5 Å². The highest BCUT2D eigenvalue weighted by molar-refractivity contribution is 8.15. The molecule has 1 atom stereocenters. The van der Waals surface area contributed by atoms with Gasteiger partial charge in [-0.3, -0.25) is 14.5 Å². The third kappa shape index (κ3) is 5.22. The van der Waals surface area contributed by atoms with Crippen molar-refractivity contribution in [1.82, 2.24) is 4.90 Å². The zero-order valence-electron chi connectivity index (χ0n) is 15.6. The molecule has 0 saturated carbocycles. The number of para-hydroxylation sites is 1. The van der Waals surface area contributed by atoms with Crippen LogP contribution in [0, 0.1) is 0 Å². The number of rotatable bonds is 6. The highest BCUT2D eigenvalue weighted by Crippen LogP contribution is 2.31. The molecule has 152 valence electrons. The maximum absolute atomic E-state index is 12.7. The average Bonchev–Trinajstić information content (AvgIpc) is 2.96. The Hall–Kier alpha value is -2.69. The van der Waals surface area contributed by atoms with Gasteiger partial charge in [0.25, 0.3) is 0 Å². The Kier molecular flexibility index (Phi) is 6.36. The Balaban J connectivity index is 1.73. The lowest BCUT2D eigenvalue weighted by atomic mass is 10.2. The highest BCUT2D eigenvalue weighted by atomic mass is 32.2. The zero-order chi connectivity index (χ0) is 21.0. The first-order chi connectivity index (χ1) is 13.8. The lowest BCUT2D eigenvalue weighted by Gasteiger charge is -2.13. The van der Waals surface area contributed by atoms with E-state index in [4.69, 9.17) is 5.14 Å². The number of hydrogen-bond acceptors (Lipinski definition) is 6. The van der Waals surface area contributed by atoms with Gasteiger partial charge in [0.15, 0.2) is 5.17 Å². The van der Waals surface area contributed by atoms with E-state index in [0.29, 0.717) is 23.1 Å². The first-order valence-electron chi connectivity index (χ1n) is 8.82. The fourth-order valence-corrected chi connectivity index (χ4v) is 4.48. The van der Waals surface area contributed by atoms with Gasteiger partial charge in [0.1, 0.15) is 5.25 Å². The molecule has 10 heteroatoms. The van der Waals surface area contributed by atoms with Crippen molar-refractivity contribution < 1.29 is 18.0 Å². The molecule has 29 heavy (non-hydrogen) atoms. The Bertz CT molecular complexity index is 1040. The van der Waals surface area contributed by atoms with Crippen LogP contribution in [0.15, 0.2) is 64.5 Å². The molecular weight excluding hydrogens is 412 g/mol. The van der Waals surface area contributed by atoms with Crippen molar-refractivity contribution in [2.75, 3.05) is 11.9 Å². The number of nitrogens with two attached hydrogens (primary N) is 1. The molecule has 1 aliphatic heterocycles. The molecule has 1 heterocycles. The maximum atomic E-state index is 12.7. The minimum absolute atomic E-state index is 0.0144. The zero-order valence-corrected chi connectivity index (χ0v) is 17.2. The van der Waals surface area contributed by atoms with E-state index in [1.165, 1.54) is 40.9 Å². The van der Waals surface area contributed by atoms with E-state index in [9.17, 15) is 18.0 Å². The molecule has 2 amide bonds. The highest BCUT2D eigenvalue weighted by Gasteiger charge is 2.38. The summed E-state index contributed by atoms with van der Waals surface area (Å²) in [4.78, 5) is 30.9. The number of carbonyl (C=O) groups excluding carboxylic acids is 2. The van der Waals surface area contributed by atoms with Gasteiger partial charge < -0.3 is 5.32 Å². The van der Waals surface area contributed by atoms with E-state index in [2.05, 4.69) is 10.3 Å². The summed E-state index contributed by atoms with van der Waals surface area (Å²) in [6.45, 7) is 2.24. The number of sulfonamides is 1. The van der Waals surface area contributed by atoms with E-state index >= 15 is 0 Å². The van der Waals surface area contributed by atoms with E-state index in [1.807, 2.05) is 25.1 Å². The normalized spacial score (nSPS) is 18.3. The molecule has 0 spiro atoms. The SMILES string of the molecule is CCN1C(=O)C(CC(=O)Nc2ccccc2)SC1=Nc1ccc(S(N)(=O)=O)cc1. The van der Waals surface area contributed by atoms with Crippen LogP contribution in [0.5, 0.6) is 0 Å². The summed E-state index contributed by atoms with van der Waals surface area (Å²) in [5.41, 5.74) is 1.16. The molecule has 3 N–H and O–H groups in total. The van der Waals surface area contributed by atoms with Crippen LogP contribution in [0.1, 0.15) is 13.3 Å². The summed E-state index contributed by atoms with van der Waals surface area (Å²) in [6.07, 6.45) is 0.0261. The van der Waals surface area contributed by atoms with Crippen molar-refractivity contribution in [2.24, 2.45) is 10.1 Å². The molecule has 1 aliphatic rings. The predicted octanol–water partition coefficient (Wildman–Crippen LogP) is 2.31. The Labute approximate surface area is 173 Å². The number of anilines is 1. The topological polar surface area (TPSA) is 122 Å². The van der Waals surface area contributed by atoms with Crippen LogP contribution in [0.2, 0.25) is 0 Å². The Morgan fingerprint density at radius 1 is 1.17 bits per heavy atom. The molecule has 0 aromatic heterocycles. The summed E-state index contributed by atoms with van der Waals surface area (Å²) < 4.78 is 22.7. The van der Waals surface area contributed by atoms with Crippen molar-refractivity contribution in [3.8, 4) is 0 Å². The van der Waals surface area contributed by atoms with Gasteiger partial charge in [0.05, 0.1) is 10.6 Å². The number of aliphatic imine (C=N–C) groups is 1. The van der Waals surface area contributed by atoms with Gasteiger partial charge in [-0.2, -0.15) is 0 Å². The summed E-state index contributed by atoms with van der Waals surface area (Å²) in [5, 5.41) is 7.77. The van der Waals surface area contributed by atoms with Crippen molar-refractivity contribution in [3.63, 3.8) is 0 Å². The van der Waals surface area contributed by atoms with Gasteiger partial charge in [-0.05, 0) is 43.3 Å². The summed E-state index contributed by atoms with van der Waals surface area (Å²) >= 11 is 1.22. The lowest BCUT2D eigenvalue weighted by molar-refractivity contribution is -0.128. The molecule has 3 rings (SSSR count). The van der Waals surface area contributed by atoms with Gasteiger partial charge in [-0.1, -0.05) is 30.0 Å². The molecular formula is C19H20N4O4S2. The molecule has 0 radical (unpaired) electrons. The minimum Gasteiger partial charge on any atom is -0.326 e. The van der Waals surface area contributed by atoms with E-state index in [-0.39, 0.29) is 23.1 Å². The first-order valence-corrected chi connectivity index (χ1v) is 11.2. The number of nitrogens with one attached hydrogen (secondary N) is 1. The van der Waals surface area contributed by atoms with Crippen molar-refractivity contribution >= 4 is 50.1 Å². The number of amidine groups is 1. The summed E-state index contributed by atoms with van der Waals surface area (Å²) in [6, 6.07) is 14.8. The molecule has 1 unspecified atom stereocenters. The van der Waals surface area contributed by atoms with Gasteiger partial charge in [0, 0.05) is 18.7 Å². The van der Waals surface area contributed by atoms with Crippen molar-refractivity contribution in [1.29, 1.82) is 0 Å². The summed E-state index contributed by atoms with van der Waals surface area (Å²) in [5.74, 6) is -0.433. The molecule has 1 saturated heterocycles. The quantitative estimate of drug-likeness (QED) is 0.725. The van der Waals surface area contributed by atoms with Crippen LogP contribution in [0.3, 0.4) is 0 Å². The molecule has 0 aliphatic carbocycles. The predicted molar refractivity (Wildman–Crippen MR) is 113 cm³/mol. The van der Waals surface area contributed by atoms with Crippen LogP contribution in [-0.4, -0.2) is 42.1 Å². The molecule has 0 bridgehead atoms. The summed E-state index contributed by atoms with van der Waals surface area (Å²) in [7, 11) is -3.78. The number of primary sulfonamides is 1. The number of thioether (sulfide) groups is 1. The van der Waals surface area contributed by atoms with Gasteiger partial charge in [0.2, 0.25) is 21.8 Å². The number of benzene rings is 2. The monoisotopic (exact) mass is 432 g/mol. The second-order valence-electron chi connectivity index (χ2n) is 6.24. The van der Waals surface area contributed by atoms with Crippen LogP contribution < -0.4 is 10.5 Å². The van der Waals surface area contributed by atoms with E-state index < -0.39 is 15.3 Å². The van der Waals surface area contributed by atoms with Crippen LogP contribution in [0.25, 0.3) is 0 Å². The second-order valence-corrected chi connectivity index (χ2v) is 8.97. The third-order valence-corrected chi connectivity index (χ3v) is 6.26. The smallest absolute Gasteiger partial charge is 0.242 e. The minimum atomic E-state index is -3.78. The van der Waals surface area contributed by atoms with Crippen LogP contribution in [-0.2, 0) is 19.6 Å². The molecule has 8 nitrogen and oxygen atoms in total. The van der Waals surface area contributed by atoms with Crippen LogP contribution >= 0.6 is 11.8 Å². The van der Waals surface area contributed by atoms with Gasteiger partial charge >= 0.3 is 0 Å². The number of hydrogen-bond donors (Lipinski definition) is 2. The van der Waals surface area contributed by atoms with E-state index in [1.54, 1.807) is 12.1 Å². The Morgan fingerprint density at radius 3 is 2.41 bits per heavy atom. The van der Waals surface area contributed by atoms with Crippen LogP contribution in [0.4, 0.5) is 11.4 Å². The standard InChI is InChI=1S/C19H20N4O4S2/c1-2-23-18(25)16(12-17(24)21-13-6-4-3-5-7-13)28-19(23)22-14-8-10-15(11-9-14)29(20,26)27/h3-11,16H,2,12H2,1H3,(H,21,24)(H2,20,26,27). The molecule has 2 aromatic carbocycles. The van der Waals surface area contributed by atoms with Gasteiger partial charge in [-0.25, -0.2) is 18.5 Å². The number of amides is 2. The average molecular weight is 433 g/mol. The fourth-order valence-electron chi connectivity index (χ4n) is 2.74. The maximum Gasteiger partial charge on any atom is 0.242 e. The fraction of sp³-hybridized carbons (Fsp3) is 0.211. The molecule has 1 fully saturated rings. The first kappa shape index (κ1) is 21.0. The molecule has 2 aromatic rings. The second kappa shape index (κ2) is 8.76. The third-order valence-electron chi connectivity index (χ3n) is 4.15. The largest absolute Gasteiger partial charge is 0.326 e. The van der Waals surface area contributed by atoms with Gasteiger partial charge in [-0.15, -0.1) is 0 Å². The lowest BCUT2D eigenvalue weighted by Crippen LogP contribution is -2.33.